The normalized spacial score (nSPS) is 22.6. The fraction of sp³-hybridized carbons (Fsp3) is 0.441. The van der Waals surface area contributed by atoms with Crippen LogP contribution in [0.5, 0.6) is 0 Å². The van der Waals surface area contributed by atoms with Crippen LogP contribution in [0.1, 0.15) is 88.2 Å². The molecule has 3 aliphatic heterocycles. The van der Waals surface area contributed by atoms with Gasteiger partial charge in [-0.25, -0.2) is 0 Å². The largest absolute Gasteiger partial charge is 0.336 e. The number of hydrogen-bond acceptors (Lipinski definition) is 6. The van der Waals surface area contributed by atoms with E-state index in [1.54, 1.807) is 11.0 Å². The number of allylic oxidation sites excluding steroid dienone is 1. The Morgan fingerprint density at radius 3 is 2.30 bits per heavy atom. The topological polar surface area (TPSA) is 107 Å². The summed E-state index contributed by atoms with van der Waals surface area (Å²) in [5, 5.41) is 2.20. The quantitative estimate of drug-likeness (QED) is 0.538. The van der Waals surface area contributed by atoms with Gasteiger partial charge in [-0.05, 0) is 67.4 Å². The number of carbonyl (C=O) groups excluding carboxylic acids is 5. The maximum atomic E-state index is 13.5. The van der Waals surface area contributed by atoms with Crippen molar-refractivity contribution in [2.45, 2.75) is 58.9 Å². The summed E-state index contributed by atoms with van der Waals surface area (Å²) in [6, 6.07) is 12.3. The van der Waals surface area contributed by atoms with Crippen LogP contribution in [0.15, 0.2) is 48.0 Å². The summed E-state index contributed by atoms with van der Waals surface area (Å²) in [6.07, 6.45) is 3.45. The first-order chi connectivity index (χ1) is 20.5. The van der Waals surface area contributed by atoms with Crippen LogP contribution in [0.3, 0.4) is 0 Å². The van der Waals surface area contributed by atoms with Crippen molar-refractivity contribution in [3.05, 3.63) is 75.9 Å². The van der Waals surface area contributed by atoms with Crippen LogP contribution in [-0.4, -0.2) is 83.0 Å². The van der Waals surface area contributed by atoms with Crippen LogP contribution in [0.4, 0.5) is 0 Å². The van der Waals surface area contributed by atoms with Gasteiger partial charge < -0.3 is 4.90 Å². The number of imide groups is 2. The predicted octanol–water partition coefficient (Wildman–Crippen LogP) is 3.82. The van der Waals surface area contributed by atoms with E-state index in [2.05, 4.69) is 55.3 Å². The van der Waals surface area contributed by atoms with Crippen LogP contribution in [0.2, 0.25) is 0 Å². The van der Waals surface area contributed by atoms with E-state index in [1.807, 2.05) is 0 Å². The van der Waals surface area contributed by atoms with Gasteiger partial charge in [-0.2, -0.15) is 0 Å². The minimum absolute atomic E-state index is 0.0576. The smallest absolute Gasteiger partial charge is 0.262 e. The number of rotatable bonds is 5. The van der Waals surface area contributed by atoms with Crippen molar-refractivity contribution in [1.29, 1.82) is 0 Å². The highest BCUT2D eigenvalue weighted by Gasteiger charge is 2.45. The van der Waals surface area contributed by atoms with Crippen molar-refractivity contribution in [2.75, 3.05) is 32.7 Å². The van der Waals surface area contributed by atoms with Crippen molar-refractivity contribution in [3.8, 4) is 0 Å². The molecule has 0 saturated carbocycles. The number of amides is 5. The molecule has 2 aromatic carbocycles. The summed E-state index contributed by atoms with van der Waals surface area (Å²) < 4.78 is 0. The Morgan fingerprint density at radius 1 is 0.907 bits per heavy atom. The first kappa shape index (κ1) is 29.0. The molecule has 224 valence electrons. The van der Waals surface area contributed by atoms with Crippen molar-refractivity contribution >= 4 is 35.1 Å². The van der Waals surface area contributed by atoms with E-state index in [0.29, 0.717) is 18.7 Å². The molecule has 1 unspecified atom stereocenters. The van der Waals surface area contributed by atoms with Gasteiger partial charge in [0.05, 0.1) is 11.1 Å². The summed E-state index contributed by atoms with van der Waals surface area (Å²) >= 11 is 0. The fourth-order valence-corrected chi connectivity index (χ4v) is 6.73. The molecule has 6 rings (SSSR count). The molecule has 9 nitrogen and oxygen atoms in total. The average Bonchev–Trinajstić information content (AvgIpc) is 3.23. The zero-order valence-corrected chi connectivity index (χ0v) is 25.1. The van der Waals surface area contributed by atoms with E-state index >= 15 is 0 Å². The number of nitrogens with zero attached hydrogens (tertiary/aromatic N) is 3. The maximum Gasteiger partial charge on any atom is 0.262 e. The molecule has 2 aromatic rings. The average molecular weight is 583 g/mol. The van der Waals surface area contributed by atoms with E-state index in [0.717, 1.165) is 43.8 Å². The predicted molar refractivity (Wildman–Crippen MR) is 161 cm³/mol. The number of fused-ring (bicyclic) bond motifs is 1. The molecule has 1 aliphatic carbocycles. The molecule has 2 fully saturated rings. The highest BCUT2D eigenvalue weighted by Crippen LogP contribution is 2.43. The molecular weight excluding hydrogens is 544 g/mol. The Bertz CT molecular complexity index is 1550. The Kier molecular flexibility index (Phi) is 7.54. The molecule has 4 aliphatic rings. The number of piperazine rings is 1. The van der Waals surface area contributed by atoms with Crippen LogP contribution >= 0.6 is 0 Å². The fourth-order valence-electron chi connectivity index (χ4n) is 6.73. The number of benzene rings is 2. The van der Waals surface area contributed by atoms with Gasteiger partial charge >= 0.3 is 0 Å². The summed E-state index contributed by atoms with van der Waals surface area (Å²) in [4.78, 5) is 68.7. The van der Waals surface area contributed by atoms with Gasteiger partial charge in [-0.1, -0.05) is 49.2 Å². The molecule has 0 radical (unpaired) electrons. The Balaban J connectivity index is 1.12. The van der Waals surface area contributed by atoms with E-state index in [4.69, 9.17) is 0 Å². The van der Waals surface area contributed by atoms with Gasteiger partial charge in [0, 0.05) is 44.7 Å². The molecule has 1 atom stereocenters. The third-order valence-electron chi connectivity index (χ3n) is 9.35. The first-order valence-corrected chi connectivity index (χ1v) is 15.2. The van der Waals surface area contributed by atoms with Crippen molar-refractivity contribution < 1.29 is 24.0 Å². The second kappa shape index (κ2) is 11.2. The lowest BCUT2D eigenvalue weighted by atomic mass is 9.72. The highest BCUT2D eigenvalue weighted by molar-refractivity contribution is 6.24. The summed E-state index contributed by atoms with van der Waals surface area (Å²) in [5.74, 6) is -2.44. The van der Waals surface area contributed by atoms with E-state index < -0.39 is 29.7 Å². The number of nitrogens with one attached hydrogen (secondary N) is 1. The monoisotopic (exact) mass is 582 g/mol. The standard InChI is InChI=1S/C34H38N4O5/c1-21-4-6-22(7-5-21)27-19-34(2,3)13-12-24(27)20-36-14-16-37(17-15-36)31(41)23-8-9-25-26(18-23)33(43)38(32(25)42)28-10-11-29(39)35-30(28)40/h4-9,18,28H,10-17,19-20H2,1-3H3,(H,35,39,40). The molecule has 5 amide bonds. The van der Waals surface area contributed by atoms with Crippen molar-refractivity contribution in [1.82, 2.24) is 20.0 Å². The summed E-state index contributed by atoms with van der Waals surface area (Å²) in [6.45, 7) is 10.4. The van der Waals surface area contributed by atoms with Crippen molar-refractivity contribution in [3.63, 3.8) is 0 Å². The molecule has 43 heavy (non-hydrogen) atoms. The molecule has 9 heteroatoms. The van der Waals surface area contributed by atoms with E-state index in [9.17, 15) is 24.0 Å². The SMILES string of the molecule is Cc1ccc(C2=C(CN3CCN(C(=O)c4ccc5c(c4)C(=O)N(C4CCC(=O)NC4=O)C5=O)CC3)CCC(C)(C)C2)cc1. The zero-order valence-electron chi connectivity index (χ0n) is 25.1. The Hall–Kier alpha value is -4.11. The molecule has 1 N–H and O–H groups in total. The lowest BCUT2D eigenvalue weighted by Gasteiger charge is -2.38. The minimum Gasteiger partial charge on any atom is -0.336 e. The van der Waals surface area contributed by atoms with Gasteiger partial charge in [0.2, 0.25) is 11.8 Å². The van der Waals surface area contributed by atoms with Gasteiger partial charge in [-0.3, -0.25) is 39.1 Å². The molecule has 0 aromatic heterocycles. The van der Waals surface area contributed by atoms with Gasteiger partial charge in [-0.15, -0.1) is 0 Å². The second-order valence-corrected chi connectivity index (χ2v) is 13.1. The van der Waals surface area contributed by atoms with Gasteiger partial charge in [0.25, 0.3) is 17.7 Å². The van der Waals surface area contributed by atoms with Crippen LogP contribution in [-0.2, 0) is 9.59 Å². The second-order valence-electron chi connectivity index (χ2n) is 13.1. The minimum atomic E-state index is -1.03. The number of aryl methyl sites for hydroxylation is 1. The Morgan fingerprint density at radius 2 is 1.60 bits per heavy atom. The molecular formula is C34H38N4O5. The molecule has 2 saturated heterocycles. The summed E-state index contributed by atoms with van der Waals surface area (Å²) in [5.41, 5.74) is 6.42. The molecule has 3 heterocycles. The van der Waals surface area contributed by atoms with Gasteiger partial charge in [0.1, 0.15) is 6.04 Å². The third kappa shape index (κ3) is 5.66. The number of hydrogen-bond donors (Lipinski definition) is 1. The lowest BCUT2D eigenvalue weighted by molar-refractivity contribution is -0.136. The Labute approximate surface area is 251 Å². The van der Waals surface area contributed by atoms with Crippen molar-refractivity contribution in [2.24, 2.45) is 5.41 Å². The summed E-state index contributed by atoms with van der Waals surface area (Å²) in [7, 11) is 0. The highest BCUT2D eigenvalue weighted by atomic mass is 16.2. The molecule has 0 bridgehead atoms. The van der Waals surface area contributed by atoms with Crippen LogP contribution in [0.25, 0.3) is 5.57 Å². The van der Waals surface area contributed by atoms with Crippen LogP contribution < -0.4 is 5.32 Å². The maximum absolute atomic E-state index is 13.5. The van der Waals surface area contributed by atoms with E-state index in [1.165, 1.54) is 34.4 Å². The van der Waals surface area contributed by atoms with Gasteiger partial charge in [0.15, 0.2) is 0 Å². The number of carbonyl (C=O) groups is 5. The third-order valence-corrected chi connectivity index (χ3v) is 9.35. The number of piperidine rings is 1. The lowest BCUT2D eigenvalue weighted by Crippen LogP contribution is -2.54. The van der Waals surface area contributed by atoms with E-state index in [-0.39, 0.29) is 35.3 Å². The first-order valence-electron chi connectivity index (χ1n) is 15.2. The van der Waals surface area contributed by atoms with Crippen LogP contribution in [0, 0.1) is 12.3 Å². The molecule has 0 spiro atoms. The zero-order chi connectivity index (χ0) is 30.5.